The predicted molar refractivity (Wildman–Crippen MR) is 256 cm³/mol. The van der Waals surface area contributed by atoms with Crippen LogP contribution in [-0.2, 0) is 0 Å². The Kier molecular flexibility index (Phi) is 8.42. The largest absolute Gasteiger partial charge is 0.309 e. The van der Waals surface area contributed by atoms with Crippen molar-refractivity contribution in [2.45, 2.75) is 0 Å². The molecule has 9 aromatic carbocycles. The van der Waals surface area contributed by atoms with Crippen LogP contribution in [0.2, 0.25) is 0 Å². The lowest BCUT2D eigenvalue weighted by molar-refractivity contribution is 0.953. The summed E-state index contributed by atoms with van der Waals surface area (Å²) in [5.41, 5.74) is 14.2. The van der Waals surface area contributed by atoms with E-state index in [-0.39, 0.29) is 0 Å². The fraction of sp³-hybridized carbons (Fsp3) is 0. The van der Waals surface area contributed by atoms with Gasteiger partial charge in [-0.2, -0.15) is 9.97 Å². The van der Waals surface area contributed by atoms with Crippen molar-refractivity contribution < 1.29 is 0 Å². The molecule has 0 fully saturated rings. The van der Waals surface area contributed by atoms with Crippen LogP contribution in [0.3, 0.4) is 0 Å². The van der Waals surface area contributed by atoms with E-state index in [1.54, 1.807) is 0 Å². The molecule has 5 heteroatoms. The van der Waals surface area contributed by atoms with E-state index in [1.165, 1.54) is 21.9 Å². The lowest BCUT2D eigenvalue weighted by Gasteiger charge is -2.15. The molecule has 0 aliphatic carbocycles. The van der Waals surface area contributed by atoms with Gasteiger partial charge in [0.05, 0.1) is 27.8 Å². The van der Waals surface area contributed by atoms with E-state index in [0.717, 1.165) is 71.9 Å². The summed E-state index contributed by atoms with van der Waals surface area (Å²) in [6.45, 7) is 0. The van der Waals surface area contributed by atoms with Crippen LogP contribution in [0.25, 0.3) is 111 Å². The molecule has 3 heterocycles. The normalized spacial score (nSPS) is 11.5. The van der Waals surface area contributed by atoms with Gasteiger partial charge in [0.25, 0.3) is 0 Å². The highest BCUT2D eigenvalue weighted by atomic mass is 15.2. The number of aromatic nitrogens is 5. The van der Waals surface area contributed by atoms with Crippen LogP contribution in [0.15, 0.2) is 224 Å². The highest BCUT2D eigenvalue weighted by Gasteiger charge is 2.22. The summed E-state index contributed by atoms with van der Waals surface area (Å²) in [6.07, 6.45) is 0. The molecule has 0 spiro atoms. The van der Waals surface area contributed by atoms with Crippen molar-refractivity contribution in [1.29, 1.82) is 0 Å². The maximum Gasteiger partial charge on any atom is 0.238 e. The SMILES string of the molecule is c1ccc(-c2ccc(-c3ccccc3-n3c4ccccc4c4cc5c6ccccc6n(-c6nc(-c7ccccc7)nc(-c7cccc(-c8ccccc8)c7)n6)c5cc43)cc2)cc1. The molecule has 3 aromatic heterocycles. The molecular formula is C57H37N5. The Balaban J connectivity index is 1.10. The first-order valence-corrected chi connectivity index (χ1v) is 20.9. The van der Waals surface area contributed by atoms with E-state index < -0.39 is 0 Å². The number of nitrogens with zero attached hydrogens (tertiary/aromatic N) is 5. The first kappa shape index (κ1) is 35.5. The second-order valence-corrected chi connectivity index (χ2v) is 15.6. The van der Waals surface area contributed by atoms with Gasteiger partial charge in [-0.1, -0.05) is 188 Å². The second kappa shape index (κ2) is 14.7. The van der Waals surface area contributed by atoms with Gasteiger partial charge >= 0.3 is 0 Å². The van der Waals surface area contributed by atoms with Crippen LogP contribution in [0.4, 0.5) is 0 Å². The van der Waals surface area contributed by atoms with Crippen molar-refractivity contribution in [3.8, 4) is 67.8 Å². The number of hydrogen-bond donors (Lipinski definition) is 0. The standard InChI is InChI=1S/C57H37N5/c1-4-17-38(18-5-1)40-31-33-41(34-32-40)45-25-10-13-28-50(45)61-51-29-14-11-26-46(51)48-36-49-47-27-12-15-30-52(47)62(54(49)37-53(48)61)57-59-55(42-21-8-3-9-22-42)58-56(60-57)44-24-16-23-43(35-44)39-19-6-2-7-20-39/h1-37H. The highest BCUT2D eigenvalue weighted by Crippen LogP contribution is 2.41. The molecule has 0 saturated heterocycles. The summed E-state index contributed by atoms with van der Waals surface area (Å²) >= 11 is 0. The first-order valence-electron chi connectivity index (χ1n) is 20.9. The number of fused-ring (bicyclic) bond motifs is 6. The molecule has 290 valence electrons. The Bertz CT molecular complexity index is 3610. The summed E-state index contributed by atoms with van der Waals surface area (Å²) in [5.74, 6) is 1.79. The molecule has 0 bridgehead atoms. The molecular weight excluding hydrogens is 755 g/mol. The molecule has 0 amide bonds. The number of benzene rings is 9. The predicted octanol–water partition coefficient (Wildman–Crippen LogP) is 14.4. The minimum Gasteiger partial charge on any atom is -0.309 e. The molecule has 0 unspecified atom stereocenters. The third kappa shape index (κ3) is 5.98. The zero-order valence-corrected chi connectivity index (χ0v) is 33.6. The summed E-state index contributed by atoms with van der Waals surface area (Å²) in [4.78, 5) is 15.7. The van der Waals surface area contributed by atoms with E-state index in [2.05, 4.69) is 209 Å². The molecule has 0 aliphatic heterocycles. The van der Waals surface area contributed by atoms with Gasteiger partial charge in [0.2, 0.25) is 5.95 Å². The lowest BCUT2D eigenvalue weighted by Crippen LogP contribution is -2.06. The van der Waals surface area contributed by atoms with E-state index in [1.807, 2.05) is 24.3 Å². The topological polar surface area (TPSA) is 48.5 Å². The zero-order chi connectivity index (χ0) is 41.0. The quantitative estimate of drug-likeness (QED) is 0.162. The molecule has 0 aliphatic rings. The van der Waals surface area contributed by atoms with Crippen molar-refractivity contribution in [1.82, 2.24) is 24.1 Å². The van der Waals surface area contributed by atoms with Gasteiger partial charge in [-0.05, 0) is 64.2 Å². The number of rotatable bonds is 7. The van der Waals surface area contributed by atoms with Crippen molar-refractivity contribution in [2.24, 2.45) is 0 Å². The Morgan fingerprint density at radius 3 is 1.40 bits per heavy atom. The lowest BCUT2D eigenvalue weighted by atomic mass is 9.99. The fourth-order valence-corrected chi connectivity index (χ4v) is 9.07. The van der Waals surface area contributed by atoms with E-state index >= 15 is 0 Å². The van der Waals surface area contributed by atoms with Crippen LogP contribution in [0, 0.1) is 0 Å². The fourth-order valence-electron chi connectivity index (χ4n) is 9.07. The van der Waals surface area contributed by atoms with Crippen molar-refractivity contribution in [3.63, 3.8) is 0 Å². The van der Waals surface area contributed by atoms with Crippen LogP contribution in [0.1, 0.15) is 0 Å². The Labute approximate surface area is 358 Å². The average Bonchev–Trinajstić information content (AvgIpc) is 3.86. The summed E-state index contributed by atoms with van der Waals surface area (Å²) in [7, 11) is 0. The Morgan fingerprint density at radius 1 is 0.258 bits per heavy atom. The minimum atomic E-state index is 0.561. The molecule has 12 aromatic rings. The zero-order valence-electron chi connectivity index (χ0n) is 33.6. The molecule has 0 N–H and O–H groups in total. The van der Waals surface area contributed by atoms with Gasteiger partial charge in [0.15, 0.2) is 11.6 Å². The van der Waals surface area contributed by atoms with E-state index in [9.17, 15) is 0 Å². The molecule has 0 saturated carbocycles. The number of para-hydroxylation sites is 3. The Morgan fingerprint density at radius 2 is 0.726 bits per heavy atom. The van der Waals surface area contributed by atoms with Crippen LogP contribution in [0.5, 0.6) is 0 Å². The molecule has 0 radical (unpaired) electrons. The minimum absolute atomic E-state index is 0.561. The molecule has 12 rings (SSSR count). The highest BCUT2D eigenvalue weighted by molar-refractivity contribution is 6.19. The van der Waals surface area contributed by atoms with Gasteiger partial charge < -0.3 is 4.57 Å². The van der Waals surface area contributed by atoms with Gasteiger partial charge in [0.1, 0.15) is 0 Å². The van der Waals surface area contributed by atoms with Gasteiger partial charge in [-0.3, -0.25) is 4.57 Å². The van der Waals surface area contributed by atoms with Crippen LogP contribution < -0.4 is 0 Å². The van der Waals surface area contributed by atoms with Crippen molar-refractivity contribution in [2.75, 3.05) is 0 Å². The van der Waals surface area contributed by atoms with Crippen LogP contribution >= 0.6 is 0 Å². The average molecular weight is 792 g/mol. The van der Waals surface area contributed by atoms with Crippen LogP contribution in [-0.4, -0.2) is 24.1 Å². The van der Waals surface area contributed by atoms with Gasteiger partial charge in [-0.25, -0.2) is 4.98 Å². The smallest absolute Gasteiger partial charge is 0.238 e. The summed E-state index contributed by atoms with van der Waals surface area (Å²) in [6, 6.07) is 79.3. The second-order valence-electron chi connectivity index (χ2n) is 15.6. The molecule has 62 heavy (non-hydrogen) atoms. The Hall–Kier alpha value is -8.41. The summed E-state index contributed by atoms with van der Waals surface area (Å²) in [5, 5.41) is 4.65. The van der Waals surface area contributed by atoms with Crippen molar-refractivity contribution in [3.05, 3.63) is 224 Å². The van der Waals surface area contributed by atoms with E-state index in [4.69, 9.17) is 15.0 Å². The maximum atomic E-state index is 5.33. The monoisotopic (exact) mass is 791 g/mol. The molecule has 0 atom stereocenters. The van der Waals surface area contributed by atoms with E-state index in [0.29, 0.717) is 17.6 Å². The van der Waals surface area contributed by atoms with Gasteiger partial charge in [0, 0.05) is 38.2 Å². The van der Waals surface area contributed by atoms with Crippen molar-refractivity contribution >= 4 is 43.6 Å². The van der Waals surface area contributed by atoms with Gasteiger partial charge in [-0.15, -0.1) is 0 Å². The first-order chi connectivity index (χ1) is 30.7. The maximum absolute atomic E-state index is 5.33. The summed E-state index contributed by atoms with van der Waals surface area (Å²) < 4.78 is 4.65. The third-order valence-electron chi connectivity index (χ3n) is 12.0. The third-order valence-corrected chi connectivity index (χ3v) is 12.0. The molecule has 5 nitrogen and oxygen atoms in total. The number of hydrogen-bond acceptors (Lipinski definition) is 3.